The summed E-state index contributed by atoms with van der Waals surface area (Å²) < 4.78 is 41.3. The summed E-state index contributed by atoms with van der Waals surface area (Å²) in [5, 5.41) is 11.9. The molecule has 6 nitrogen and oxygen atoms in total. The number of alkyl halides is 3. The number of nitrogens with zero attached hydrogens (tertiary/aromatic N) is 2. The van der Waals surface area contributed by atoms with Gasteiger partial charge in [0.25, 0.3) is 5.91 Å². The van der Waals surface area contributed by atoms with Crippen LogP contribution in [0.4, 0.5) is 13.2 Å². The van der Waals surface area contributed by atoms with Crippen LogP contribution in [-0.2, 0) is 12.7 Å². The lowest BCUT2D eigenvalue weighted by molar-refractivity contribution is -0.137. The first-order chi connectivity index (χ1) is 17.1. The first kappa shape index (κ1) is 24.5. The van der Waals surface area contributed by atoms with E-state index in [1.54, 1.807) is 41.8 Å². The first-order valence-corrected chi connectivity index (χ1v) is 10.8. The maximum absolute atomic E-state index is 13.5. The minimum absolute atomic E-state index is 0.0434. The van der Waals surface area contributed by atoms with E-state index in [-0.39, 0.29) is 23.4 Å². The van der Waals surface area contributed by atoms with Crippen molar-refractivity contribution >= 4 is 22.9 Å². The van der Waals surface area contributed by atoms with Crippen LogP contribution in [0.25, 0.3) is 11.0 Å². The zero-order valence-corrected chi connectivity index (χ0v) is 19.0. The fraction of sp³-hybridized carbons (Fsp3) is 0.148. The van der Waals surface area contributed by atoms with E-state index >= 15 is 0 Å². The molecule has 1 atom stereocenters. The summed E-state index contributed by atoms with van der Waals surface area (Å²) in [7, 11) is 0. The molecular weight excluding hydrogens is 471 g/mol. The topological polar surface area (TPSA) is 84.2 Å². The Bertz CT molecular complexity index is 1500. The van der Waals surface area contributed by atoms with E-state index in [9.17, 15) is 22.8 Å². The predicted molar refractivity (Wildman–Crippen MR) is 127 cm³/mol. The smallest absolute Gasteiger partial charge is 0.416 e. The van der Waals surface area contributed by atoms with Gasteiger partial charge >= 0.3 is 12.1 Å². The van der Waals surface area contributed by atoms with Crippen molar-refractivity contribution in [1.29, 1.82) is 0 Å². The summed E-state index contributed by atoms with van der Waals surface area (Å²) in [4.78, 5) is 28.9. The van der Waals surface area contributed by atoms with Crippen molar-refractivity contribution < 1.29 is 27.9 Å². The van der Waals surface area contributed by atoms with Crippen molar-refractivity contribution in [2.45, 2.75) is 25.7 Å². The SMILES string of the molecule is C#Cc1c(C(=O)N[C@@H](C)c2ccc(C(=O)O)cc2)n(Cc2cccc(C(F)(F)F)c2)c2cccnc12. The second kappa shape index (κ2) is 9.58. The monoisotopic (exact) mass is 491 g/mol. The molecular formula is C27H20F3N3O3. The zero-order chi connectivity index (χ0) is 26.0. The lowest BCUT2D eigenvalue weighted by Crippen LogP contribution is -2.29. The summed E-state index contributed by atoms with van der Waals surface area (Å²) in [6.07, 6.45) is 2.75. The van der Waals surface area contributed by atoms with Crippen LogP contribution in [0.1, 0.15) is 56.1 Å². The van der Waals surface area contributed by atoms with E-state index in [4.69, 9.17) is 11.5 Å². The molecule has 0 saturated carbocycles. The number of terminal acetylenes is 1. The van der Waals surface area contributed by atoms with E-state index in [2.05, 4.69) is 16.2 Å². The standard InChI is InChI=1S/C27H20F3N3O3/c1-3-21-23-22(8-5-13-31-23)33(15-17-6-4-7-20(14-17)27(28,29)30)24(21)25(34)32-16(2)18-9-11-19(12-10-18)26(35)36/h1,4-14,16H,15H2,2H3,(H,32,34)(H,35,36)/t16-/m0/s1. The molecule has 182 valence electrons. The van der Waals surface area contributed by atoms with Gasteiger partial charge in [0.05, 0.1) is 28.2 Å². The minimum atomic E-state index is -4.51. The van der Waals surface area contributed by atoms with Crippen LogP contribution < -0.4 is 5.32 Å². The maximum atomic E-state index is 13.5. The fourth-order valence-electron chi connectivity index (χ4n) is 4.00. The lowest BCUT2D eigenvalue weighted by atomic mass is 10.1. The summed E-state index contributed by atoms with van der Waals surface area (Å²) in [5.74, 6) is 0.899. The highest BCUT2D eigenvalue weighted by atomic mass is 19.4. The van der Waals surface area contributed by atoms with Crippen LogP contribution in [0, 0.1) is 12.3 Å². The Morgan fingerprint density at radius 3 is 2.50 bits per heavy atom. The van der Waals surface area contributed by atoms with Gasteiger partial charge in [-0.2, -0.15) is 13.2 Å². The predicted octanol–water partition coefficient (Wildman–Crippen LogP) is 5.27. The minimum Gasteiger partial charge on any atom is -0.478 e. The van der Waals surface area contributed by atoms with Crippen LogP contribution >= 0.6 is 0 Å². The number of carbonyl (C=O) groups excluding carboxylic acids is 1. The second-order valence-corrected chi connectivity index (χ2v) is 8.15. The van der Waals surface area contributed by atoms with E-state index in [1.807, 2.05) is 0 Å². The van der Waals surface area contributed by atoms with Gasteiger partial charge in [0.1, 0.15) is 11.2 Å². The number of aromatic carboxylic acids is 1. The number of pyridine rings is 1. The number of carboxylic acids is 1. The van der Waals surface area contributed by atoms with Crippen molar-refractivity contribution in [3.05, 3.63) is 100 Å². The van der Waals surface area contributed by atoms with Gasteiger partial charge < -0.3 is 15.0 Å². The normalized spacial score (nSPS) is 12.2. The Kier molecular flexibility index (Phi) is 6.53. The molecule has 0 saturated heterocycles. The van der Waals surface area contributed by atoms with E-state index in [1.165, 1.54) is 24.4 Å². The number of carboxylic acid groups (broad SMARTS) is 1. The molecule has 0 aliphatic heterocycles. The maximum Gasteiger partial charge on any atom is 0.416 e. The molecule has 0 unspecified atom stereocenters. The van der Waals surface area contributed by atoms with Crippen LogP contribution in [0.3, 0.4) is 0 Å². The zero-order valence-electron chi connectivity index (χ0n) is 19.0. The fourth-order valence-corrected chi connectivity index (χ4v) is 4.00. The molecule has 4 aromatic rings. The van der Waals surface area contributed by atoms with Gasteiger partial charge in [0.2, 0.25) is 0 Å². The third kappa shape index (κ3) is 4.79. The van der Waals surface area contributed by atoms with Crippen LogP contribution in [0.5, 0.6) is 0 Å². The van der Waals surface area contributed by atoms with Gasteiger partial charge in [-0.3, -0.25) is 9.78 Å². The Labute approximate surface area is 204 Å². The van der Waals surface area contributed by atoms with Gasteiger partial charge in [-0.15, -0.1) is 6.42 Å². The highest BCUT2D eigenvalue weighted by molar-refractivity contribution is 6.02. The highest BCUT2D eigenvalue weighted by Crippen LogP contribution is 2.31. The summed E-state index contributed by atoms with van der Waals surface area (Å²) in [6.45, 7) is 1.68. The molecule has 0 spiro atoms. The summed E-state index contributed by atoms with van der Waals surface area (Å²) >= 11 is 0. The number of aromatic nitrogens is 2. The average Bonchev–Trinajstić information content (AvgIpc) is 3.17. The molecule has 1 amide bonds. The van der Waals surface area contributed by atoms with Gasteiger partial charge in [0.15, 0.2) is 0 Å². The van der Waals surface area contributed by atoms with Gasteiger partial charge in [-0.1, -0.05) is 30.2 Å². The van der Waals surface area contributed by atoms with E-state index < -0.39 is 29.7 Å². The molecule has 2 heterocycles. The first-order valence-electron chi connectivity index (χ1n) is 10.8. The average molecular weight is 491 g/mol. The van der Waals surface area contributed by atoms with E-state index in [0.717, 1.165) is 12.1 Å². The summed E-state index contributed by atoms with van der Waals surface area (Å²) in [5.41, 5.74) is 1.52. The number of halogens is 3. The molecule has 36 heavy (non-hydrogen) atoms. The lowest BCUT2D eigenvalue weighted by Gasteiger charge is -2.17. The van der Waals surface area contributed by atoms with Crippen molar-refractivity contribution in [2.75, 3.05) is 0 Å². The number of benzene rings is 2. The van der Waals surface area contributed by atoms with Crippen LogP contribution in [0.15, 0.2) is 66.9 Å². The number of carbonyl (C=O) groups is 2. The Morgan fingerprint density at radius 1 is 1.14 bits per heavy atom. The Hall–Kier alpha value is -4.58. The van der Waals surface area contributed by atoms with Crippen LogP contribution in [0.2, 0.25) is 0 Å². The molecule has 2 N–H and O–H groups in total. The molecule has 0 radical (unpaired) electrons. The van der Waals surface area contributed by atoms with Gasteiger partial charge in [0, 0.05) is 12.7 Å². The number of fused-ring (bicyclic) bond motifs is 1. The van der Waals surface area contributed by atoms with Crippen LogP contribution in [-0.4, -0.2) is 26.5 Å². The van der Waals surface area contributed by atoms with Crippen molar-refractivity contribution in [3.8, 4) is 12.3 Å². The number of hydrogen-bond donors (Lipinski definition) is 2. The molecule has 2 aromatic heterocycles. The number of nitrogens with one attached hydrogen (secondary N) is 1. The second-order valence-electron chi connectivity index (χ2n) is 8.15. The van der Waals surface area contributed by atoms with Crippen molar-refractivity contribution in [2.24, 2.45) is 0 Å². The molecule has 0 fully saturated rings. The number of hydrogen-bond acceptors (Lipinski definition) is 3. The van der Waals surface area contributed by atoms with Gasteiger partial charge in [-0.05, 0) is 54.4 Å². The molecule has 0 aliphatic rings. The molecule has 0 bridgehead atoms. The third-order valence-electron chi connectivity index (χ3n) is 5.78. The molecule has 4 rings (SSSR count). The Balaban J connectivity index is 1.74. The number of rotatable bonds is 6. The largest absolute Gasteiger partial charge is 0.478 e. The van der Waals surface area contributed by atoms with E-state index in [0.29, 0.717) is 22.2 Å². The quantitative estimate of drug-likeness (QED) is 0.360. The Morgan fingerprint density at radius 2 is 1.86 bits per heavy atom. The molecule has 0 aliphatic carbocycles. The van der Waals surface area contributed by atoms with Crippen molar-refractivity contribution in [3.63, 3.8) is 0 Å². The molecule has 2 aromatic carbocycles. The van der Waals surface area contributed by atoms with Gasteiger partial charge in [-0.25, -0.2) is 4.79 Å². The number of amides is 1. The third-order valence-corrected chi connectivity index (χ3v) is 5.78. The van der Waals surface area contributed by atoms with Crippen molar-refractivity contribution in [1.82, 2.24) is 14.9 Å². The summed E-state index contributed by atoms with van der Waals surface area (Å²) in [6, 6.07) is 13.8. The highest BCUT2D eigenvalue weighted by Gasteiger charge is 2.31. The molecule has 9 heteroatoms.